The Balaban J connectivity index is 1.52. The summed E-state index contributed by atoms with van der Waals surface area (Å²) in [6.07, 6.45) is 1.41. The first kappa shape index (κ1) is 26.2. The number of aryl methyl sites for hydroxylation is 2. The highest BCUT2D eigenvalue weighted by Gasteiger charge is 2.15. The standard InChI is InChI=1S/C27H31ClN4O3S/c1-4-31(8-9-33)14-22-17-36-26(29-22)20-6-7-25-23(13-20)24(15-32(25)5-2)30-27(34)35-16-19-10-18(3)11-21(28)12-19/h6-7,10-13,15,17,33H,4-5,8-9,14,16H2,1-3H3,(H,30,34). The summed E-state index contributed by atoms with van der Waals surface area (Å²) in [6, 6.07) is 11.8. The lowest BCUT2D eigenvalue weighted by atomic mass is 10.1. The number of rotatable bonds is 10. The number of carbonyl (C=O) groups excluding carboxylic acids is 1. The zero-order valence-electron chi connectivity index (χ0n) is 20.8. The van der Waals surface area contributed by atoms with E-state index in [1.807, 2.05) is 25.3 Å². The lowest BCUT2D eigenvalue weighted by Crippen LogP contribution is -2.26. The Morgan fingerprint density at radius 3 is 2.81 bits per heavy atom. The minimum absolute atomic E-state index is 0.132. The van der Waals surface area contributed by atoms with E-state index in [-0.39, 0.29) is 13.2 Å². The lowest BCUT2D eigenvalue weighted by Gasteiger charge is -2.17. The van der Waals surface area contributed by atoms with Crippen molar-refractivity contribution in [2.75, 3.05) is 25.0 Å². The maximum absolute atomic E-state index is 12.6. The van der Waals surface area contributed by atoms with Gasteiger partial charge in [-0.2, -0.15) is 0 Å². The van der Waals surface area contributed by atoms with Crippen molar-refractivity contribution in [1.82, 2.24) is 14.5 Å². The fraction of sp³-hybridized carbons (Fsp3) is 0.333. The predicted octanol–water partition coefficient (Wildman–Crippen LogP) is 6.31. The van der Waals surface area contributed by atoms with Crippen LogP contribution in [0.25, 0.3) is 21.5 Å². The number of fused-ring (bicyclic) bond motifs is 1. The van der Waals surface area contributed by atoms with Crippen molar-refractivity contribution in [3.05, 3.63) is 69.8 Å². The largest absolute Gasteiger partial charge is 0.444 e. The van der Waals surface area contributed by atoms with E-state index in [1.54, 1.807) is 17.4 Å². The second-order valence-corrected chi connectivity index (χ2v) is 9.93. The Labute approximate surface area is 220 Å². The van der Waals surface area contributed by atoms with E-state index >= 15 is 0 Å². The van der Waals surface area contributed by atoms with Gasteiger partial charge in [-0.05, 0) is 61.9 Å². The number of anilines is 1. The molecule has 0 aliphatic heterocycles. The molecule has 36 heavy (non-hydrogen) atoms. The molecule has 190 valence electrons. The first-order chi connectivity index (χ1) is 17.4. The highest BCUT2D eigenvalue weighted by Crippen LogP contribution is 2.32. The molecule has 2 aromatic heterocycles. The number of likely N-dealkylation sites (N-methyl/N-ethyl adjacent to an activating group) is 1. The number of nitrogens with zero attached hydrogens (tertiary/aromatic N) is 3. The number of thiazole rings is 1. The number of nitrogens with one attached hydrogen (secondary N) is 1. The normalized spacial score (nSPS) is 11.4. The van der Waals surface area contributed by atoms with E-state index in [9.17, 15) is 9.90 Å². The smallest absolute Gasteiger partial charge is 0.412 e. The van der Waals surface area contributed by atoms with Crippen molar-refractivity contribution in [2.24, 2.45) is 0 Å². The number of amides is 1. The quantitative estimate of drug-likeness (QED) is 0.253. The number of aliphatic hydroxyl groups excluding tert-OH is 1. The molecule has 9 heteroatoms. The van der Waals surface area contributed by atoms with E-state index in [4.69, 9.17) is 21.3 Å². The molecule has 0 saturated carbocycles. The van der Waals surface area contributed by atoms with E-state index in [1.165, 1.54) is 0 Å². The molecule has 0 bridgehead atoms. The van der Waals surface area contributed by atoms with Crippen LogP contribution in [0.4, 0.5) is 10.5 Å². The number of hydrogen-bond acceptors (Lipinski definition) is 6. The van der Waals surface area contributed by atoms with Crippen LogP contribution in [0.5, 0.6) is 0 Å². The first-order valence-corrected chi connectivity index (χ1v) is 13.3. The highest BCUT2D eigenvalue weighted by atomic mass is 35.5. The van der Waals surface area contributed by atoms with E-state index in [0.717, 1.165) is 51.4 Å². The SMILES string of the molecule is CCN(CCO)Cc1csc(-c2ccc3c(c2)c(NC(=O)OCc2cc(C)cc(Cl)c2)cn3CC)n1. The molecule has 7 nitrogen and oxygen atoms in total. The van der Waals surface area contributed by atoms with Crippen LogP contribution in [-0.2, 0) is 24.4 Å². The van der Waals surface area contributed by atoms with E-state index < -0.39 is 6.09 Å². The van der Waals surface area contributed by atoms with Crippen LogP contribution < -0.4 is 5.32 Å². The van der Waals surface area contributed by atoms with Crippen LogP contribution in [0, 0.1) is 6.92 Å². The summed E-state index contributed by atoms with van der Waals surface area (Å²) in [4.78, 5) is 19.6. The monoisotopic (exact) mass is 526 g/mol. The molecule has 0 unspecified atom stereocenters. The van der Waals surface area contributed by atoms with Crippen molar-refractivity contribution >= 4 is 45.6 Å². The number of halogens is 1. The third kappa shape index (κ3) is 6.25. The van der Waals surface area contributed by atoms with Gasteiger partial charge in [0.15, 0.2) is 0 Å². The van der Waals surface area contributed by atoms with Gasteiger partial charge in [-0.25, -0.2) is 9.78 Å². The molecule has 0 radical (unpaired) electrons. The summed E-state index contributed by atoms with van der Waals surface area (Å²) in [5, 5.41) is 16.7. The fourth-order valence-corrected chi connectivity index (χ4v) is 5.33. The molecule has 0 spiro atoms. The Bertz CT molecular complexity index is 1330. The van der Waals surface area contributed by atoms with Crippen LogP contribution in [0.3, 0.4) is 0 Å². The van der Waals surface area contributed by atoms with Crippen LogP contribution in [0.15, 0.2) is 48.0 Å². The summed E-state index contributed by atoms with van der Waals surface area (Å²) in [7, 11) is 0. The van der Waals surface area contributed by atoms with E-state index in [2.05, 4.69) is 52.2 Å². The Morgan fingerprint density at radius 2 is 2.08 bits per heavy atom. The molecule has 0 saturated heterocycles. The number of carbonyl (C=O) groups is 1. The average Bonchev–Trinajstić information content (AvgIpc) is 3.46. The maximum atomic E-state index is 12.6. The van der Waals surface area contributed by atoms with Crippen LogP contribution in [0.1, 0.15) is 30.7 Å². The summed E-state index contributed by atoms with van der Waals surface area (Å²) >= 11 is 7.71. The van der Waals surface area contributed by atoms with E-state index in [0.29, 0.717) is 23.8 Å². The Hall–Kier alpha value is -2.91. The number of aliphatic hydroxyl groups is 1. The van der Waals surface area contributed by atoms with Crippen LogP contribution in [0.2, 0.25) is 5.02 Å². The van der Waals surface area contributed by atoms with Gasteiger partial charge in [-0.1, -0.05) is 24.6 Å². The molecule has 1 amide bonds. The zero-order chi connectivity index (χ0) is 25.7. The zero-order valence-corrected chi connectivity index (χ0v) is 22.3. The molecule has 0 fully saturated rings. The molecule has 4 aromatic rings. The number of hydrogen-bond donors (Lipinski definition) is 2. The molecule has 2 heterocycles. The van der Waals surface area contributed by atoms with Crippen LogP contribution in [-0.4, -0.2) is 45.3 Å². The number of benzene rings is 2. The first-order valence-electron chi connectivity index (χ1n) is 12.0. The molecule has 2 N–H and O–H groups in total. The van der Waals surface area contributed by atoms with Gasteiger partial charge in [-0.3, -0.25) is 10.2 Å². The molecule has 4 rings (SSSR count). The molecule has 2 aromatic carbocycles. The van der Waals surface area contributed by atoms with Crippen molar-refractivity contribution < 1.29 is 14.6 Å². The van der Waals surface area contributed by atoms with Crippen LogP contribution >= 0.6 is 22.9 Å². The summed E-state index contributed by atoms with van der Waals surface area (Å²) in [5.74, 6) is 0. The second-order valence-electron chi connectivity index (χ2n) is 8.64. The third-order valence-electron chi connectivity index (χ3n) is 5.98. The van der Waals surface area contributed by atoms with Gasteiger partial charge in [0.2, 0.25) is 0 Å². The summed E-state index contributed by atoms with van der Waals surface area (Å²) in [6.45, 7) is 9.31. The lowest BCUT2D eigenvalue weighted by molar-refractivity contribution is 0.155. The van der Waals surface area contributed by atoms with Gasteiger partial charge >= 0.3 is 6.09 Å². The van der Waals surface area contributed by atoms with Crippen molar-refractivity contribution in [1.29, 1.82) is 0 Å². The van der Waals surface area contributed by atoms with Gasteiger partial charge in [0.05, 0.1) is 23.5 Å². The number of ether oxygens (including phenoxy) is 1. The second kappa shape index (κ2) is 11.9. The van der Waals surface area contributed by atoms with Crippen molar-refractivity contribution in [3.8, 4) is 10.6 Å². The van der Waals surface area contributed by atoms with Gasteiger partial charge in [0, 0.05) is 47.2 Å². The Morgan fingerprint density at radius 1 is 1.25 bits per heavy atom. The fourth-order valence-electron chi connectivity index (χ4n) is 4.21. The Kier molecular flexibility index (Phi) is 8.64. The topological polar surface area (TPSA) is 79.6 Å². The molecular formula is C27H31ClN4O3S. The molecule has 0 aliphatic rings. The van der Waals surface area contributed by atoms with Gasteiger partial charge in [0.25, 0.3) is 0 Å². The minimum atomic E-state index is -0.520. The maximum Gasteiger partial charge on any atom is 0.412 e. The average molecular weight is 527 g/mol. The summed E-state index contributed by atoms with van der Waals surface area (Å²) in [5.41, 5.74) is 5.55. The summed E-state index contributed by atoms with van der Waals surface area (Å²) < 4.78 is 7.56. The minimum Gasteiger partial charge on any atom is -0.444 e. The third-order valence-corrected chi connectivity index (χ3v) is 7.14. The van der Waals surface area contributed by atoms with Crippen molar-refractivity contribution in [2.45, 2.75) is 40.5 Å². The molecule has 0 atom stereocenters. The van der Waals surface area contributed by atoms with Crippen molar-refractivity contribution in [3.63, 3.8) is 0 Å². The van der Waals surface area contributed by atoms with Gasteiger partial charge in [0.1, 0.15) is 11.6 Å². The highest BCUT2D eigenvalue weighted by molar-refractivity contribution is 7.13. The molecule has 0 aliphatic carbocycles. The van der Waals surface area contributed by atoms with Gasteiger partial charge < -0.3 is 14.4 Å². The van der Waals surface area contributed by atoms with Gasteiger partial charge in [-0.15, -0.1) is 11.3 Å². The molecular weight excluding hydrogens is 496 g/mol. The number of aromatic nitrogens is 2. The predicted molar refractivity (Wildman–Crippen MR) is 147 cm³/mol.